The monoisotopic (exact) mass is 419 g/mol. The second-order valence-corrected chi connectivity index (χ2v) is 9.13. The molecule has 0 heterocycles. The molecular formula is C20H25N3O5S. The number of nitrogens with zero attached hydrogens (tertiary/aromatic N) is 2. The molecule has 0 bridgehead atoms. The molecule has 0 saturated carbocycles. The quantitative estimate of drug-likeness (QED) is 0.415. The zero-order chi connectivity index (χ0) is 21.8. The van der Waals surface area contributed by atoms with Crippen LogP contribution in [-0.2, 0) is 15.4 Å². The van der Waals surface area contributed by atoms with Gasteiger partial charge in [0.25, 0.3) is 10.0 Å². The first-order valence-electron chi connectivity index (χ1n) is 9.03. The van der Waals surface area contributed by atoms with Crippen molar-refractivity contribution >= 4 is 21.9 Å². The van der Waals surface area contributed by atoms with Crippen molar-refractivity contribution in [1.29, 1.82) is 0 Å². The highest BCUT2D eigenvalue weighted by atomic mass is 32.2. The zero-order valence-corrected chi connectivity index (χ0v) is 17.9. The maximum Gasteiger partial charge on any atom is 0.311 e. The number of nitro groups is 1. The fourth-order valence-electron chi connectivity index (χ4n) is 2.61. The molecule has 2 aromatic carbocycles. The van der Waals surface area contributed by atoms with E-state index in [2.05, 4.69) is 9.93 Å². The van der Waals surface area contributed by atoms with Gasteiger partial charge in [0.15, 0.2) is 5.75 Å². The highest BCUT2D eigenvalue weighted by Crippen LogP contribution is 2.28. The number of nitro benzene ring substituents is 1. The first-order chi connectivity index (χ1) is 13.5. The predicted molar refractivity (Wildman–Crippen MR) is 112 cm³/mol. The van der Waals surface area contributed by atoms with E-state index in [1.807, 2.05) is 26.8 Å². The summed E-state index contributed by atoms with van der Waals surface area (Å²) >= 11 is 0. The lowest BCUT2D eigenvalue weighted by atomic mass is 9.87. The summed E-state index contributed by atoms with van der Waals surface area (Å²) in [6.45, 7) is 9.72. The van der Waals surface area contributed by atoms with Crippen LogP contribution in [0.4, 0.5) is 5.69 Å². The number of hydrazone groups is 1. The molecule has 156 valence electrons. The van der Waals surface area contributed by atoms with E-state index in [1.54, 1.807) is 32.0 Å². The van der Waals surface area contributed by atoms with Crippen molar-refractivity contribution in [2.24, 2.45) is 5.10 Å². The lowest BCUT2D eigenvalue weighted by molar-refractivity contribution is -0.385. The molecule has 0 atom stereocenters. The van der Waals surface area contributed by atoms with Crippen molar-refractivity contribution < 1.29 is 18.1 Å². The van der Waals surface area contributed by atoms with E-state index in [0.717, 1.165) is 5.56 Å². The topological polar surface area (TPSA) is 111 Å². The van der Waals surface area contributed by atoms with Crippen molar-refractivity contribution in [2.75, 3.05) is 6.61 Å². The van der Waals surface area contributed by atoms with Gasteiger partial charge in [-0.25, -0.2) is 4.83 Å². The second-order valence-electron chi connectivity index (χ2n) is 7.50. The fourth-order valence-corrected chi connectivity index (χ4v) is 3.67. The van der Waals surface area contributed by atoms with E-state index in [9.17, 15) is 18.5 Å². The van der Waals surface area contributed by atoms with E-state index in [-0.39, 0.29) is 21.7 Å². The van der Waals surface area contributed by atoms with Gasteiger partial charge in [-0.3, -0.25) is 10.1 Å². The van der Waals surface area contributed by atoms with Gasteiger partial charge in [-0.15, -0.1) is 0 Å². The molecule has 0 unspecified atom stereocenters. The van der Waals surface area contributed by atoms with E-state index < -0.39 is 14.9 Å². The van der Waals surface area contributed by atoms with Crippen molar-refractivity contribution in [2.45, 2.75) is 44.9 Å². The summed E-state index contributed by atoms with van der Waals surface area (Å²) in [5.41, 5.74) is 1.42. The van der Waals surface area contributed by atoms with Crippen LogP contribution in [0.2, 0.25) is 0 Å². The minimum atomic E-state index is -3.89. The Morgan fingerprint density at radius 1 is 1.21 bits per heavy atom. The first-order valence-corrected chi connectivity index (χ1v) is 10.5. The Morgan fingerprint density at radius 2 is 1.90 bits per heavy atom. The van der Waals surface area contributed by atoms with Crippen LogP contribution in [0.1, 0.15) is 44.4 Å². The predicted octanol–water partition coefficient (Wildman–Crippen LogP) is 3.91. The van der Waals surface area contributed by atoms with E-state index in [1.165, 1.54) is 18.3 Å². The third kappa shape index (κ3) is 5.54. The molecule has 0 saturated heterocycles. The molecule has 0 spiro atoms. The zero-order valence-electron chi connectivity index (χ0n) is 17.1. The van der Waals surface area contributed by atoms with Gasteiger partial charge in [0, 0.05) is 11.6 Å². The molecule has 2 rings (SSSR count). The maximum absolute atomic E-state index is 12.7. The van der Waals surface area contributed by atoms with Gasteiger partial charge in [0.05, 0.1) is 22.6 Å². The summed E-state index contributed by atoms with van der Waals surface area (Å²) in [4.78, 5) is 12.9. The van der Waals surface area contributed by atoms with E-state index >= 15 is 0 Å². The average Bonchev–Trinajstić information content (AvgIpc) is 2.62. The number of rotatable bonds is 7. The smallest absolute Gasteiger partial charge is 0.311 e. The molecule has 0 radical (unpaired) electrons. The van der Waals surface area contributed by atoms with Crippen LogP contribution >= 0.6 is 0 Å². The van der Waals surface area contributed by atoms with Crippen LogP contribution in [-0.4, -0.2) is 26.2 Å². The Balaban J connectivity index is 2.28. The third-order valence-electron chi connectivity index (χ3n) is 4.21. The normalized spacial score (nSPS) is 12.2. The fraction of sp³-hybridized carbons (Fsp3) is 0.350. The number of ether oxygens (including phenoxy) is 1. The van der Waals surface area contributed by atoms with Crippen LogP contribution in [0.25, 0.3) is 0 Å². The standard InChI is InChI=1S/C20H25N3O5S/c1-6-28-18-10-8-15(11-17(18)23(24)25)13-21-22-29(26,27)19-12-16(20(3,4)5)9-7-14(19)2/h7-13,22H,6H2,1-5H3/b21-13+. The number of aryl methyl sites for hydroxylation is 1. The summed E-state index contributed by atoms with van der Waals surface area (Å²) in [6, 6.07) is 9.57. The van der Waals surface area contributed by atoms with Gasteiger partial charge in [-0.2, -0.15) is 13.5 Å². The van der Waals surface area contributed by atoms with Crippen LogP contribution in [0.5, 0.6) is 5.75 Å². The summed E-state index contributed by atoms with van der Waals surface area (Å²) < 4.78 is 30.6. The number of hydrogen-bond acceptors (Lipinski definition) is 6. The third-order valence-corrected chi connectivity index (χ3v) is 5.57. The van der Waals surface area contributed by atoms with Gasteiger partial charge >= 0.3 is 5.69 Å². The summed E-state index contributed by atoms with van der Waals surface area (Å²) in [5, 5.41) is 15.0. The van der Waals surface area contributed by atoms with Gasteiger partial charge in [0.1, 0.15) is 0 Å². The maximum atomic E-state index is 12.7. The molecule has 29 heavy (non-hydrogen) atoms. The van der Waals surface area contributed by atoms with Crippen LogP contribution in [0, 0.1) is 17.0 Å². The number of nitrogens with one attached hydrogen (secondary N) is 1. The van der Waals surface area contributed by atoms with Crippen molar-refractivity contribution in [1.82, 2.24) is 4.83 Å². The van der Waals surface area contributed by atoms with Crippen LogP contribution in [0.3, 0.4) is 0 Å². The van der Waals surface area contributed by atoms with Gasteiger partial charge in [-0.05, 0) is 48.6 Å². The average molecular weight is 420 g/mol. The molecule has 0 aliphatic rings. The highest BCUT2D eigenvalue weighted by Gasteiger charge is 2.21. The van der Waals surface area contributed by atoms with Crippen molar-refractivity contribution in [3.05, 3.63) is 63.2 Å². The number of sulfonamides is 1. The summed E-state index contributed by atoms with van der Waals surface area (Å²) in [6.07, 6.45) is 1.21. The van der Waals surface area contributed by atoms with Crippen LogP contribution in [0.15, 0.2) is 46.4 Å². The number of benzene rings is 2. The molecule has 9 heteroatoms. The molecule has 0 fully saturated rings. The van der Waals surface area contributed by atoms with Crippen LogP contribution < -0.4 is 9.57 Å². The minimum Gasteiger partial charge on any atom is -0.487 e. The second kappa shape index (κ2) is 8.60. The molecular weight excluding hydrogens is 394 g/mol. The van der Waals surface area contributed by atoms with Gasteiger partial charge in [-0.1, -0.05) is 32.9 Å². The molecule has 0 aliphatic carbocycles. The highest BCUT2D eigenvalue weighted by molar-refractivity contribution is 7.89. The van der Waals surface area contributed by atoms with Gasteiger partial charge < -0.3 is 4.74 Å². The van der Waals surface area contributed by atoms with Gasteiger partial charge in [0.2, 0.25) is 0 Å². The van der Waals surface area contributed by atoms with Crippen molar-refractivity contribution in [3.63, 3.8) is 0 Å². The molecule has 0 amide bonds. The first kappa shape index (κ1) is 22.4. The molecule has 0 aliphatic heterocycles. The Kier molecular flexibility index (Phi) is 6.63. The minimum absolute atomic E-state index is 0.139. The van der Waals surface area contributed by atoms with Crippen molar-refractivity contribution in [3.8, 4) is 5.75 Å². The summed E-state index contributed by atoms with van der Waals surface area (Å²) in [7, 11) is -3.89. The number of hydrogen-bond donors (Lipinski definition) is 1. The Bertz CT molecular complexity index is 1040. The SMILES string of the molecule is CCOc1ccc(/C=N/NS(=O)(=O)c2cc(C(C)(C)C)ccc2C)cc1[N+](=O)[O-]. The molecule has 0 aromatic heterocycles. The van der Waals surface area contributed by atoms with E-state index in [0.29, 0.717) is 17.7 Å². The summed E-state index contributed by atoms with van der Waals surface area (Å²) in [5.74, 6) is 0.143. The molecule has 2 aromatic rings. The molecule has 8 nitrogen and oxygen atoms in total. The Labute approximate surface area is 170 Å². The van der Waals surface area contributed by atoms with E-state index in [4.69, 9.17) is 4.74 Å². The molecule has 1 N–H and O–H groups in total. The largest absolute Gasteiger partial charge is 0.487 e. The Hall–Kier alpha value is -2.94. The lowest BCUT2D eigenvalue weighted by Gasteiger charge is -2.20. The lowest BCUT2D eigenvalue weighted by Crippen LogP contribution is -2.21. The Morgan fingerprint density at radius 3 is 2.48 bits per heavy atom.